The first-order valence-corrected chi connectivity index (χ1v) is 9.18. The van der Waals surface area contributed by atoms with Crippen molar-refractivity contribution >= 4 is 23.2 Å². The second-order valence-electron chi connectivity index (χ2n) is 6.24. The van der Waals surface area contributed by atoms with E-state index in [0.717, 1.165) is 11.3 Å². The van der Waals surface area contributed by atoms with Crippen molar-refractivity contribution in [2.24, 2.45) is 5.92 Å². The highest BCUT2D eigenvalue weighted by Gasteiger charge is 2.66. The van der Waals surface area contributed by atoms with E-state index in [9.17, 15) is 27.9 Å². The van der Waals surface area contributed by atoms with Crippen molar-refractivity contribution in [1.29, 1.82) is 0 Å². The largest absolute Gasteiger partial charge is 0.493 e. The monoisotopic (exact) mass is 430 g/mol. The zero-order valence-corrected chi connectivity index (χ0v) is 16.1. The number of carbonyl (C=O) groups excluding carboxylic acids is 2. The molecule has 1 aliphatic rings. The average molecular weight is 430 g/mol. The van der Waals surface area contributed by atoms with Gasteiger partial charge in [0.1, 0.15) is 5.92 Å². The van der Waals surface area contributed by atoms with Crippen LogP contribution in [0.3, 0.4) is 0 Å². The van der Waals surface area contributed by atoms with Gasteiger partial charge in [0, 0.05) is 5.56 Å². The molecule has 156 valence electrons. The quantitative estimate of drug-likeness (QED) is 0.634. The van der Waals surface area contributed by atoms with Gasteiger partial charge < -0.3 is 25.2 Å². The molecule has 3 atom stereocenters. The Kier molecular flexibility index (Phi) is 5.46. The van der Waals surface area contributed by atoms with Crippen molar-refractivity contribution in [2.75, 3.05) is 14.2 Å². The van der Waals surface area contributed by atoms with Crippen LogP contribution in [-0.2, 0) is 0 Å². The Bertz CT molecular complexity index is 919. The number of urea groups is 1. The van der Waals surface area contributed by atoms with Crippen molar-refractivity contribution in [3.8, 4) is 11.5 Å². The number of amides is 2. The van der Waals surface area contributed by atoms with Crippen LogP contribution in [0.5, 0.6) is 11.5 Å². The lowest BCUT2D eigenvalue weighted by Gasteiger charge is -2.45. The maximum Gasteiger partial charge on any atom is 0.437 e. The third-order valence-electron chi connectivity index (χ3n) is 4.62. The fraction of sp³-hybridized carbons (Fsp3) is 0.333. The summed E-state index contributed by atoms with van der Waals surface area (Å²) in [6.45, 7) is 0. The lowest BCUT2D eigenvalue weighted by atomic mass is 9.78. The number of hydrogen-bond donors (Lipinski definition) is 3. The molecule has 1 aliphatic heterocycles. The number of Topliss-reactive ketones (excluding diaryl/α,β-unsaturated/α-hetero) is 1. The Morgan fingerprint density at radius 3 is 2.48 bits per heavy atom. The van der Waals surface area contributed by atoms with E-state index in [2.05, 4.69) is 5.32 Å². The van der Waals surface area contributed by atoms with Crippen LogP contribution in [-0.4, -0.2) is 43.0 Å². The summed E-state index contributed by atoms with van der Waals surface area (Å²) in [6, 6.07) is 4.40. The Morgan fingerprint density at radius 2 is 1.93 bits per heavy atom. The molecule has 2 aromatic rings. The van der Waals surface area contributed by atoms with E-state index in [1.54, 1.807) is 0 Å². The summed E-state index contributed by atoms with van der Waals surface area (Å²) in [6.07, 6.45) is -5.33. The van der Waals surface area contributed by atoms with Crippen LogP contribution < -0.4 is 20.1 Å². The summed E-state index contributed by atoms with van der Waals surface area (Å²) in [5.41, 5.74) is -3.74. The minimum atomic E-state index is -5.33. The van der Waals surface area contributed by atoms with E-state index < -0.39 is 35.7 Å². The van der Waals surface area contributed by atoms with E-state index >= 15 is 0 Å². The molecule has 0 bridgehead atoms. The van der Waals surface area contributed by atoms with E-state index in [1.165, 1.54) is 55.2 Å². The van der Waals surface area contributed by atoms with Crippen LogP contribution in [0.2, 0.25) is 0 Å². The van der Waals surface area contributed by atoms with Gasteiger partial charge in [-0.05, 0) is 17.5 Å². The molecule has 11 heteroatoms. The van der Waals surface area contributed by atoms with Gasteiger partial charge in [-0.3, -0.25) is 4.79 Å². The fourth-order valence-electron chi connectivity index (χ4n) is 3.33. The molecule has 3 rings (SSSR count). The number of alkyl halides is 3. The number of nitrogens with one attached hydrogen (secondary N) is 2. The molecule has 0 radical (unpaired) electrons. The Morgan fingerprint density at radius 1 is 1.21 bits per heavy atom. The number of ether oxygens (including phenoxy) is 2. The topological polar surface area (TPSA) is 96.9 Å². The molecular weight excluding hydrogens is 413 g/mol. The first kappa shape index (κ1) is 20.9. The minimum Gasteiger partial charge on any atom is -0.493 e. The molecule has 7 nitrogen and oxygen atoms in total. The van der Waals surface area contributed by atoms with Crippen LogP contribution in [0.25, 0.3) is 0 Å². The van der Waals surface area contributed by atoms with Crippen molar-refractivity contribution in [1.82, 2.24) is 10.6 Å². The van der Waals surface area contributed by atoms with Gasteiger partial charge in [-0.1, -0.05) is 18.2 Å². The number of hydrogen-bond acceptors (Lipinski definition) is 6. The van der Waals surface area contributed by atoms with Crippen molar-refractivity contribution in [3.05, 3.63) is 46.2 Å². The highest BCUT2D eigenvalue weighted by molar-refractivity contribution is 7.12. The molecule has 3 N–H and O–H groups in total. The minimum absolute atomic E-state index is 0.00230. The predicted molar refractivity (Wildman–Crippen MR) is 97.1 cm³/mol. The zero-order chi connectivity index (χ0) is 21.4. The van der Waals surface area contributed by atoms with Gasteiger partial charge >= 0.3 is 12.2 Å². The second-order valence-corrected chi connectivity index (χ2v) is 7.19. The van der Waals surface area contributed by atoms with Gasteiger partial charge in [-0.15, -0.1) is 11.3 Å². The molecule has 0 saturated carbocycles. The number of rotatable bonds is 5. The van der Waals surface area contributed by atoms with Gasteiger partial charge in [-0.25, -0.2) is 4.79 Å². The van der Waals surface area contributed by atoms with Gasteiger partial charge in [0.25, 0.3) is 0 Å². The Hall–Kier alpha value is -2.79. The first-order valence-electron chi connectivity index (χ1n) is 8.30. The summed E-state index contributed by atoms with van der Waals surface area (Å²) < 4.78 is 52.0. The van der Waals surface area contributed by atoms with Crippen molar-refractivity contribution < 1.29 is 37.3 Å². The van der Waals surface area contributed by atoms with Crippen molar-refractivity contribution in [2.45, 2.75) is 17.9 Å². The van der Waals surface area contributed by atoms with Crippen LogP contribution in [0, 0.1) is 5.92 Å². The molecule has 29 heavy (non-hydrogen) atoms. The predicted octanol–water partition coefficient (Wildman–Crippen LogP) is 2.87. The SMILES string of the molecule is COc1cccc([C@H]2NC(=O)N[C@@](O)(C(F)(F)F)[C@@H]2C(=O)c2cccs2)c1OC. The highest BCUT2D eigenvalue weighted by atomic mass is 32.1. The summed E-state index contributed by atoms with van der Waals surface area (Å²) >= 11 is 0.927. The number of benzene rings is 1. The molecule has 1 fully saturated rings. The number of carbonyl (C=O) groups is 2. The van der Waals surface area contributed by atoms with Crippen LogP contribution in [0.1, 0.15) is 21.3 Å². The number of methoxy groups -OCH3 is 2. The molecule has 0 unspecified atom stereocenters. The molecule has 0 aliphatic carbocycles. The third kappa shape index (κ3) is 3.51. The normalized spacial score (nSPS) is 24.4. The van der Waals surface area contributed by atoms with Crippen LogP contribution in [0.4, 0.5) is 18.0 Å². The smallest absolute Gasteiger partial charge is 0.437 e. The highest BCUT2D eigenvalue weighted by Crippen LogP contribution is 2.47. The van der Waals surface area contributed by atoms with Gasteiger partial charge in [0.05, 0.1) is 25.1 Å². The Labute approximate surface area is 167 Å². The standard InChI is InChI=1S/C18H17F3N2O5S/c1-27-10-6-3-5-9(15(10)28-2)13-12(14(24)11-7-4-8-29-11)17(26,18(19,20)21)23-16(25)22-13/h3-8,12-13,26H,1-2H3,(H2,22,23,25)/t12-,13+,17-/m0/s1. The summed E-state index contributed by atoms with van der Waals surface area (Å²) in [4.78, 5) is 25.1. The lowest BCUT2D eigenvalue weighted by Crippen LogP contribution is -2.72. The number of ketones is 1. The van der Waals surface area contributed by atoms with Gasteiger partial charge in [-0.2, -0.15) is 13.2 Å². The van der Waals surface area contributed by atoms with Gasteiger partial charge in [0.2, 0.25) is 5.72 Å². The fourth-order valence-corrected chi connectivity index (χ4v) is 4.03. The molecule has 1 aromatic heterocycles. The van der Waals surface area contributed by atoms with Gasteiger partial charge in [0.15, 0.2) is 17.3 Å². The molecule has 1 saturated heterocycles. The molecule has 1 aromatic carbocycles. The summed E-state index contributed by atoms with van der Waals surface area (Å²) in [5, 5.41) is 15.9. The maximum absolute atomic E-state index is 13.9. The number of aliphatic hydroxyl groups is 1. The first-order chi connectivity index (χ1) is 13.6. The van der Waals surface area contributed by atoms with Crippen molar-refractivity contribution in [3.63, 3.8) is 0 Å². The Balaban J connectivity index is 2.23. The molecular formula is C18H17F3N2O5S. The molecule has 2 heterocycles. The zero-order valence-electron chi connectivity index (χ0n) is 15.2. The number of thiophene rings is 1. The maximum atomic E-state index is 13.9. The molecule has 2 amide bonds. The second kappa shape index (κ2) is 7.56. The van der Waals surface area contributed by atoms with Crippen LogP contribution >= 0.6 is 11.3 Å². The number of halogens is 3. The van der Waals surface area contributed by atoms with E-state index in [1.807, 2.05) is 0 Å². The summed E-state index contributed by atoms with van der Waals surface area (Å²) in [7, 11) is 2.61. The van der Waals surface area contributed by atoms with E-state index in [0.29, 0.717) is 0 Å². The number of para-hydroxylation sites is 1. The van der Waals surface area contributed by atoms with E-state index in [4.69, 9.17) is 9.47 Å². The summed E-state index contributed by atoms with van der Waals surface area (Å²) in [5.74, 6) is -2.88. The average Bonchev–Trinajstić information content (AvgIpc) is 3.20. The van der Waals surface area contributed by atoms with Crippen LogP contribution in [0.15, 0.2) is 35.7 Å². The molecule has 0 spiro atoms. The lowest BCUT2D eigenvalue weighted by molar-refractivity contribution is -0.287. The third-order valence-corrected chi connectivity index (χ3v) is 5.51. The van der Waals surface area contributed by atoms with E-state index in [-0.39, 0.29) is 21.9 Å².